The van der Waals surface area contributed by atoms with Crippen LogP contribution in [0.3, 0.4) is 0 Å². The van der Waals surface area contributed by atoms with Gasteiger partial charge in [0.05, 0.1) is 0 Å². The zero-order chi connectivity index (χ0) is 13.0. The van der Waals surface area contributed by atoms with Crippen molar-refractivity contribution in [1.29, 1.82) is 0 Å². The van der Waals surface area contributed by atoms with Crippen molar-refractivity contribution in [2.45, 2.75) is 18.4 Å². The van der Waals surface area contributed by atoms with E-state index in [-0.39, 0.29) is 0 Å². The Kier molecular flexibility index (Phi) is 4.23. The summed E-state index contributed by atoms with van der Waals surface area (Å²) in [6.07, 6.45) is 3.82. The van der Waals surface area contributed by atoms with E-state index in [0.29, 0.717) is 6.54 Å². The highest BCUT2D eigenvalue weighted by Crippen LogP contribution is 2.27. The van der Waals surface area contributed by atoms with Gasteiger partial charge in [0.25, 0.3) is 0 Å². The average molecular weight is 260 g/mol. The van der Waals surface area contributed by atoms with Crippen molar-refractivity contribution in [3.05, 3.63) is 47.8 Å². The second-order valence-corrected chi connectivity index (χ2v) is 4.79. The molecule has 18 heavy (non-hydrogen) atoms. The van der Waals surface area contributed by atoms with Gasteiger partial charge < -0.3 is 10.5 Å². The van der Waals surface area contributed by atoms with Crippen LogP contribution in [0, 0.1) is 6.92 Å². The molecular weight excluding hydrogens is 244 g/mol. The van der Waals surface area contributed by atoms with Crippen LogP contribution < -0.4 is 10.5 Å². The molecule has 2 aromatic rings. The SMILES string of the molecule is CSc1ccc(Oc2cc(C)ncc2CN)cc1. The molecule has 2 rings (SSSR count). The first-order valence-corrected chi connectivity index (χ1v) is 6.93. The van der Waals surface area contributed by atoms with Crippen LogP contribution in [-0.2, 0) is 6.54 Å². The second-order valence-electron chi connectivity index (χ2n) is 3.92. The Bertz CT molecular complexity index is 526. The smallest absolute Gasteiger partial charge is 0.135 e. The van der Waals surface area contributed by atoms with E-state index in [2.05, 4.69) is 11.2 Å². The monoisotopic (exact) mass is 260 g/mol. The van der Waals surface area contributed by atoms with Crippen LogP contribution in [0.5, 0.6) is 11.5 Å². The normalized spacial score (nSPS) is 10.4. The number of hydrogen-bond acceptors (Lipinski definition) is 4. The van der Waals surface area contributed by atoms with Gasteiger partial charge in [-0.05, 0) is 37.4 Å². The summed E-state index contributed by atoms with van der Waals surface area (Å²) in [5.41, 5.74) is 7.51. The third kappa shape index (κ3) is 3.03. The van der Waals surface area contributed by atoms with Crippen molar-refractivity contribution in [3.8, 4) is 11.5 Å². The lowest BCUT2D eigenvalue weighted by Crippen LogP contribution is -2.01. The topological polar surface area (TPSA) is 48.1 Å². The van der Waals surface area contributed by atoms with Crippen LogP contribution in [-0.4, -0.2) is 11.2 Å². The first kappa shape index (κ1) is 12.9. The van der Waals surface area contributed by atoms with Crippen LogP contribution in [0.4, 0.5) is 0 Å². The number of nitrogens with zero attached hydrogens (tertiary/aromatic N) is 1. The van der Waals surface area contributed by atoms with E-state index in [9.17, 15) is 0 Å². The maximum absolute atomic E-state index is 5.85. The molecule has 1 aromatic carbocycles. The van der Waals surface area contributed by atoms with Crippen LogP contribution >= 0.6 is 11.8 Å². The molecule has 2 N–H and O–H groups in total. The molecule has 0 radical (unpaired) electrons. The predicted molar refractivity (Wildman–Crippen MR) is 75.2 cm³/mol. The largest absolute Gasteiger partial charge is 0.457 e. The first-order chi connectivity index (χ1) is 8.72. The number of thioether (sulfide) groups is 1. The fourth-order valence-electron chi connectivity index (χ4n) is 1.58. The molecule has 0 fully saturated rings. The third-order valence-corrected chi connectivity index (χ3v) is 3.33. The van der Waals surface area contributed by atoms with E-state index < -0.39 is 0 Å². The molecule has 0 saturated heterocycles. The Hall–Kier alpha value is -1.52. The predicted octanol–water partition coefficient (Wildman–Crippen LogP) is 3.36. The van der Waals surface area contributed by atoms with Gasteiger partial charge >= 0.3 is 0 Å². The van der Waals surface area contributed by atoms with E-state index in [0.717, 1.165) is 22.8 Å². The fraction of sp³-hybridized carbons (Fsp3) is 0.214. The number of nitrogens with two attached hydrogens (primary N) is 1. The lowest BCUT2D eigenvalue weighted by atomic mass is 10.2. The highest BCUT2D eigenvalue weighted by atomic mass is 32.2. The summed E-state index contributed by atoms with van der Waals surface area (Å²) in [5.74, 6) is 1.59. The van der Waals surface area contributed by atoms with Gasteiger partial charge in [-0.1, -0.05) is 0 Å². The highest BCUT2D eigenvalue weighted by molar-refractivity contribution is 7.98. The van der Waals surface area contributed by atoms with E-state index in [1.165, 1.54) is 4.90 Å². The summed E-state index contributed by atoms with van der Waals surface area (Å²) < 4.78 is 5.85. The molecule has 1 heterocycles. The summed E-state index contributed by atoms with van der Waals surface area (Å²) in [6.45, 7) is 2.36. The zero-order valence-corrected chi connectivity index (χ0v) is 11.3. The lowest BCUT2D eigenvalue weighted by molar-refractivity contribution is 0.474. The number of rotatable bonds is 4. The molecule has 0 saturated carbocycles. The number of benzene rings is 1. The Morgan fingerprint density at radius 1 is 1.28 bits per heavy atom. The molecule has 0 aliphatic heterocycles. The minimum Gasteiger partial charge on any atom is -0.457 e. The van der Waals surface area contributed by atoms with E-state index >= 15 is 0 Å². The Morgan fingerprint density at radius 2 is 2.00 bits per heavy atom. The fourth-order valence-corrected chi connectivity index (χ4v) is 1.99. The maximum Gasteiger partial charge on any atom is 0.135 e. The third-order valence-electron chi connectivity index (χ3n) is 2.59. The van der Waals surface area contributed by atoms with Crippen LogP contribution in [0.15, 0.2) is 41.4 Å². The van der Waals surface area contributed by atoms with Gasteiger partial charge in [-0.25, -0.2) is 0 Å². The summed E-state index contributed by atoms with van der Waals surface area (Å²) >= 11 is 1.71. The van der Waals surface area contributed by atoms with Gasteiger partial charge in [-0.3, -0.25) is 4.98 Å². The van der Waals surface area contributed by atoms with Crippen molar-refractivity contribution in [1.82, 2.24) is 4.98 Å². The molecule has 0 bridgehead atoms. The quantitative estimate of drug-likeness (QED) is 0.856. The molecule has 3 nitrogen and oxygen atoms in total. The minimum absolute atomic E-state index is 0.422. The average Bonchev–Trinajstić information content (AvgIpc) is 2.40. The number of hydrogen-bond donors (Lipinski definition) is 1. The standard InChI is InChI=1S/C14H16N2OS/c1-10-7-14(11(8-15)9-16-10)17-12-3-5-13(18-2)6-4-12/h3-7,9H,8,15H2,1-2H3. The summed E-state index contributed by atoms with van der Waals surface area (Å²) in [4.78, 5) is 5.43. The van der Waals surface area contributed by atoms with Crippen molar-refractivity contribution in [2.75, 3.05) is 6.26 Å². The molecule has 0 spiro atoms. The van der Waals surface area contributed by atoms with Crippen molar-refractivity contribution in [2.24, 2.45) is 5.73 Å². The summed E-state index contributed by atoms with van der Waals surface area (Å²) in [7, 11) is 0. The van der Waals surface area contributed by atoms with Crippen molar-refractivity contribution in [3.63, 3.8) is 0 Å². The molecule has 0 atom stereocenters. The van der Waals surface area contributed by atoms with Gasteiger partial charge in [0.1, 0.15) is 11.5 Å². The lowest BCUT2D eigenvalue weighted by Gasteiger charge is -2.10. The number of pyridine rings is 1. The van der Waals surface area contributed by atoms with Crippen LogP contribution in [0.2, 0.25) is 0 Å². The molecule has 0 unspecified atom stereocenters. The van der Waals surface area contributed by atoms with E-state index in [1.54, 1.807) is 18.0 Å². The van der Waals surface area contributed by atoms with Gasteiger partial charge in [-0.2, -0.15) is 0 Å². The highest BCUT2D eigenvalue weighted by Gasteiger charge is 2.05. The van der Waals surface area contributed by atoms with Gasteiger partial charge in [0.15, 0.2) is 0 Å². The molecule has 0 amide bonds. The van der Waals surface area contributed by atoms with Gasteiger partial charge in [0.2, 0.25) is 0 Å². The Balaban J connectivity index is 2.24. The molecule has 4 heteroatoms. The molecule has 0 aliphatic carbocycles. The number of aromatic nitrogens is 1. The van der Waals surface area contributed by atoms with E-state index in [1.807, 2.05) is 37.3 Å². The number of aryl methyl sites for hydroxylation is 1. The van der Waals surface area contributed by atoms with Crippen molar-refractivity contribution < 1.29 is 4.74 Å². The van der Waals surface area contributed by atoms with Gasteiger partial charge in [0, 0.05) is 35.0 Å². The maximum atomic E-state index is 5.85. The van der Waals surface area contributed by atoms with E-state index in [4.69, 9.17) is 10.5 Å². The summed E-state index contributed by atoms with van der Waals surface area (Å²) in [5, 5.41) is 0. The molecule has 94 valence electrons. The van der Waals surface area contributed by atoms with Crippen LogP contribution in [0.25, 0.3) is 0 Å². The molecule has 0 aliphatic rings. The Morgan fingerprint density at radius 3 is 2.61 bits per heavy atom. The minimum atomic E-state index is 0.422. The summed E-state index contributed by atoms with van der Waals surface area (Å²) in [6, 6.07) is 9.90. The number of ether oxygens (including phenoxy) is 1. The zero-order valence-electron chi connectivity index (χ0n) is 10.5. The molecule has 1 aromatic heterocycles. The Labute approximate surface area is 111 Å². The van der Waals surface area contributed by atoms with Crippen LogP contribution in [0.1, 0.15) is 11.3 Å². The van der Waals surface area contributed by atoms with Crippen molar-refractivity contribution >= 4 is 11.8 Å². The van der Waals surface area contributed by atoms with Gasteiger partial charge in [-0.15, -0.1) is 11.8 Å². The first-order valence-electron chi connectivity index (χ1n) is 5.70. The second kappa shape index (κ2) is 5.89. The molecular formula is C14H16N2OS.